The van der Waals surface area contributed by atoms with Gasteiger partial charge in [-0.25, -0.2) is 4.79 Å². The van der Waals surface area contributed by atoms with E-state index in [1.807, 2.05) is 48.5 Å². The molecule has 4 aromatic rings. The molecule has 0 aliphatic heterocycles. The van der Waals surface area contributed by atoms with Gasteiger partial charge in [0.25, 0.3) is 0 Å². The van der Waals surface area contributed by atoms with Crippen molar-refractivity contribution in [1.29, 1.82) is 0 Å². The van der Waals surface area contributed by atoms with Gasteiger partial charge in [0, 0.05) is 17.4 Å². The number of carboxylic acids is 1. The van der Waals surface area contributed by atoms with E-state index >= 15 is 0 Å². The van der Waals surface area contributed by atoms with Crippen LogP contribution in [-0.4, -0.2) is 42.2 Å². The number of hydrogen-bond donors (Lipinski definition) is 2. The molecule has 2 aromatic heterocycles. The minimum absolute atomic E-state index is 0.0965. The zero-order valence-corrected chi connectivity index (χ0v) is 17.3. The van der Waals surface area contributed by atoms with Crippen LogP contribution in [0, 0.1) is 0 Å². The first-order valence-electron chi connectivity index (χ1n) is 9.48. The van der Waals surface area contributed by atoms with Crippen molar-refractivity contribution >= 4 is 23.2 Å². The normalized spacial score (nSPS) is 11.6. The summed E-state index contributed by atoms with van der Waals surface area (Å²) in [7, 11) is 0. The number of thiazole rings is 1. The van der Waals surface area contributed by atoms with E-state index in [1.165, 1.54) is 5.38 Å². The van der Waals surface area contributed by atoms with Gasteiger partial charge in [-0.15, -0.1) is 21.5 Å². The number of rotatable bonds is 6. The van der Waals surface area contributed by atoms with Crippen LogP contribution in [0.3, 0.4) is 0 Å². The summed E-state index contributed by atoms with van der Waals surface area (Å²) in [6, 6.07) is 15.5. The third kappa shape index (κ3) is 4.33. The summed E-state index contributed by atoms with van der Waals surface area (Å²) in [6.45, 7) is 2.00. The molecule has 0 bridgehead atoms. The van der Waals surface area contributed by atoms with Gasteiger partial charge in [-0.3, -0.25) is 4.79 Å². The number of aromatic nitrogens is 5. The quantitative estimate of drug-likeness (QED) is 0.480. The standard InChI is InChI=1S/C21H18N6O3S/c1-2-18(28)22-21-27(17(12-31-21)20(29)30)11-13-7-9-14(10-8-13)15-5-3-4-6-16(15)19-23-25-26-24-19/h3-10,12H,2,11H2,1H3,(H,29,30)(H,23,24,25,26). The summed E-state index contributed by atoms with van der Waals surface area (Å²) < 4.78 is 1.54. The minimum atomic E-state index is -1.06. The first-order valence-corrected chi connectivity index (χ1v) is 10.4. The van der Waals surface area contributed by atoms with E-state index in [1.54, 1.807) is 11.5 Å². The van der Waals surface area contributed by atoms with Crippen LogP contribution in [0.4, 0.5) is 0 Å². The summed E-state index contributed by atoms with van der Waals surface area (Å²) in [5.74, 6) is -0.847. The molecule has 0 aliphatic carbocycles. The van der Waals surface area contributed by atoms with Crippen LogP contribution in [0.1, 0.15) is 29.4 Å². The smallest absolute Gasteiger partial charge is 0.353 e. The zero-order chi connectivity index (χ0) is 21.8. The topological polar surface area (TPSA) is 126 Å². The number of carbonyl (C=O) groups is 2. The van der Waals surface area contributed by atoms with Gasteiger partial charge in [-0.2, -0.15) is 10.2 Å². The molecule has 0 saturated carbocycles. The molecule has 2 heterocycles. The molecule has 2 aromatic carbocycles. The van der Waals surface area contributed by atoms with Crippen molar-refractivity contribution in [2.45, 2.75) is 19.9 Å². The number of tetrazole rings is 1. The van der Waals surface area contributed by atoms with Gasteiger partial charge in [0.2, 0.25) is 11.7 Å². The number of carbonyl (C=O) groups excluding carboxylic acids is 1. The summed E-state index contributed by atoms with van der Waals surface area (Å²) in [5, 5.41) is 25.2. The molecule has 9 nitrogen and oxygen atoms in total. The first-order chi connectivity index (χ1) is 15.1. The highest BCUT2D eigenvalue weighted by Gasteiger charge is 2.14. The Morgan fingerprint density at radius 1 is 1.13 bits per heavy atom. The Morgan fingerprint density at radius 3 is 2.52 bits per heavy atom. The molecular formula is C21H18N6O3S. The molecule has 2 N–H and O–H groups in total. The lowest BCUT2D eigenvalue weighted by Crippen LogP contribution is -2.22. The highest BCUT2D eigenvalue weighted by molar-refractivity contribution is 7.07. The number of aromatic carboxylic acids is 1. The maximum Gasteiger partial charge on any atom is 0.353 e. The number of hydrogen-bond acceptors (Lipinski definition) is 6. The summed E-state index contributed by atoms with van der Waals surface area (Å²) in [5.41, 5.74) is 3.74. The van der Waals surface area contributed by atoms with Crippen molar-refractivity contribution in [3.63, 3.8) is 0 Å². The molecular weight excluding hydrogens is 416 g/mol. The Kier molecular flexibility index (Phi) is 5.80. The molecule has 4 rings (SSSR count). The van der Waals surface area contributed by atoms with E-state index < -0.39 is 5.97 Å². The second-order valence-corrected chi connectivity index (χ2v) is 7.47. The molecule has 0 fully saturated rings. The molecule has 1 amide bonds. The molecule has 0 aliphatic rings. The Labute approximate surface area is 180 Å². The molecule has 10 heteroatoms. The fourth-order valence-electron chi connectivity index (χ4n) is 3.11. The number of nitrogens with one attached hydrogen (secondary N) is 1. The summed E-state index contributed by atoms with van der Waals surface area (Å²) in [6.07, 6.45) is 0.259. The monoisotopic (exact) mass is 434 g/mol. The van der Waals surface area contributed by atoms with Crippen molar-refractivity contribution in [2.24, 2.45) is 4.99 Å². The Hall–Kier alpha value is -3.92. The minimum Gasteiger partial charge on any atom is -0.477 e. The third-order valence-electron chi connectivity index (χ3n) is 4.66. The Balaban J connectivity index is 1.67. The lowest BCUT2D eigenvalue weighted by Gasteiger charge is -2.10. The molecule has 0 unspecified atom stereocenters. The van der Waals surface area contributed by atoms with E-state index in [0.717, 1.165) is 33.6 Å². The van der Waals surface area contributed by atoms with Crippen LogP contribution in [-0.2, 0) is 11.3 Å². The average Bonchev–Trinajstić information content (AvgIpc) is 3.45. The van der Waals surface area contributed by atoms with E-state index in [9.17, 15) is 14.7 Å². The summed E-state index contributed by atoms with van der Waals surface area (Å²) >= 11 is 1.14. The van der Waals surface area contributed by atoms with Gasteiger partial charge in [-0.05, 0) is 21.9 Å². The fraction of sp³-hybridized carbons (Fsp3) is 0.143. The lowest BCUT2D eigenvalue weighted by molar-refractivity contribution is -0.117. The van der Waals surface area contributed by atoms with Crippen LogP contribution in [0.5, 0.6) is 0 Å². The molecule has 0 spiro atoms. The number of H-pyrrole nitrogens is 1. The van der Waals surface area contributed by atoms with Crippen LogP contribution in [0.25, 0.3) is 22.5 Å². The SMILES string of the molecule is CCC(=O)N=c1scc(C(=O)O)n1Cc1ccc(-c2ccccc2-c2nn[nH]n2)cc1. The number of aromatic amines is 1. The maximum atomic E-state index is 11.8. The predicted molar refractivity (Wildman–Crippen MR) is 114 cm³/mol. The Morgan fingerprint density at radius 2 is 1.87 bits per heavy atom. The summed E-state index contributed by atoms with van der Waals surface area (Å²) in [4.78, 5) is 27.8. The van der Waals surface area contributed by atoms with Crippen LogP contribution < -0.4 is 4.80 Å². The number of carboxylic acid groups (broad SMARTS) is 1. The third-order valence-corrected chi connectivity index (χ3v) is 5.52. The van der Waals surface area contributed by atoms with E-state index in [0.29, 0.717) is 10.6 Å². The van der Waals surface area contributed by atoms with E-state index in [4.69, 9.17) is 0 Å². The number of amides is 1. The van der Waals surface area contributed by atoms with E-state index in [2.05, 4.69) is 25.6 Å². The van der Waals surface area contributed by atoms with Crippen molar-refractivity contribution in [2.75, 3.05) is 0 Å². The lowest BCUT2D eigenvalue weighted by atomic mass is 9.98. The number of benzene rings is 2. The van der Waals surface area contributed by atoms with E-state index in [-0.39, 0.29) is 24.6 Å². The average molecular weight is 434 g/mol. The molecule has 0 radical (unpaired) electrons. The van der Waals surface area contributed by atoms with Crippen LogP contribution >= 0.6 is 11.3 Å². The van der Waals surface area contributed by atoms with Crippen LogP contribution in [0.15, 0.2) is 58.9 Å². The second-order valence-electron chi connectivity index (χ2n) is 6.63. The van der Waals surface area contributed by atoms with Crippen molar-refractivity contribution in [3.8, 4) is 22.5 Å². The van der Waals surface area contributed by atoms with Gasteiger partial charge in [0.15, 0.2) is 4.80 Å². The van der Waals surface area contributed by atoms with Crippen molar-refractivity contribution in [1.82, 2.24) is 25.2 Å². The molecule has 0 saturated heterocycles. The zero-order valence-electron chi connectivity index (χ0n) is 16.5. The fourth-order valence-corrected chi connectivity index (χ4v) is 4.00. The van der Waals surface area contributed by atoms with Gasteiger partial charge < -0.3 is 9.67 Å². The van der Waals surface area contributed by atoms with Crippen molar-refractivity contribution < 1.29 is 14.7 Å². The van der Waals surface area contributed by atoms with Gasteiger partial charge in [0.1, 0.15) is 5.69 Å². The molecule has 31 heavy (non-hydrogen) atoms. The highest BCUT2D eigenvalue weighted by atomic mass is 32.1. The molecule has 156 valence electrons. The largest absolute Gasteiger partial charge is 0.477 e. The van der Waals surface area contributed by atoms with Crippen LogP contribution in [0.2, 0.25) is 0 Å². The number of nitrogens with zero attached hydrogens (tertiary/aromatic N) is 5. The molecule has 0 atom stereocenters. The van der Waals surface area contributed by atoms with Gasteiger partial charge in [0.05, 0.1) is 6.54 Å². The van der Waals surface area contributed by atoms with Crippen molar-refractivity contribution in [3.05, 3.63) is 70.0 Å². The Bertz CT molecular complexity index is 1290. The van der Waals surface area contributed by atoms with Gasteiger partial charge >= 0.3 is 5.97 Å². The predicted octanol–water partition coefficient (Wildman–Crippen LogP) is 2.98. The maximum absolute atomic E-state index is 11.8. The second kappa shape index (κ2) is 8.84. The van der Waals surface area contributed by atoms with Gasteiger partial charge in [-0.1, -0.05) is 55.5 Å². The highest BCUT2D eigenvalue weighted by Crippen LogP contribution is 2.29. The first kappa shape index (κ1) is 20.4.